The molecule has 3 aliphatic rings. The van der Waals surface area contributed by atoms with E-state index in [-0.39, 0.29) is 29.9 Å². The van der Waals surface area contributed by atoms with Crippen LogP contribution >= 0.6 is 11.6 Å². The lowest BCUT2D eigenvalue weighted by atomic mass is 9.64. The molecule has 5 rings (SSSR count). The number of fused-ring (bicyclic) bond motifs is 3. The van der Waals surface area contributed by atoms with Gasteiger partial charge in [-0.25, -0.2) is 13.1 Å². The highest BCUT2D eigenvalue weighted by Gasteiger charge is 2.47. The zero-order valence-electron chi connectivity index (χ0n) is 25.9. The molecule has 1 saturated carbocycles. The number of sulfonamides is 1. The molecular formula is C34H45ClN2O6S. The second-order valence-corrected chi connectivity index (χ2v) is 15.0. The Kier molecular flexibility index (Phi) is 10.3. The molecule has 44 heavy (non-hydrogen) atoms. The average molecular weight is 645 g/mol. The van der Waals surface area contributed by atoms with Gasteiger partial charge in [-0.3, -0.25) is 4.79 Å². The van der Waals surface area contributed by atoms with E-state index >= 15 is 0 Å². The Morgan fingerprint density at radius 3 is 2.68 bits per heavy atom. The number of rotatable bonds is 3. The molecule has 240 valence electrons. The lowest BCUT2D eigenvalue weighted by Crippen LogP contribution is -2.53. The molecule has 2 aromatic carbocycles. The number of aliphatic hydroxyl groups excluding tert-OH is 1. The molecule has 2 aliphatic heterocycles. The first kappa shape index (κ1) is 32.8. The Morgan fingerprint density at radius 1 is 1.14 bits per heavy atom. The predicted molar refractivity (Wildman–Crippen MR) is 174 cm³/mol. The minimum Gasteiger partial charge on any atom is -0.487 e. The number of allylic oxidation sites excluding steroid dienone is 1. The topological polar surface area (TPSA) is 105 Å². The summed E-state index contributed by atoms with van der Waals surface area (Å²) >= 11 is 6.33. The number of aliphatic hydroxyl groups is 1. The van der Waals surface area contributed by atoms with Crippen LogP contribution in [0.2, 0.25) is 5.02 Å². The van der Waals surface area contributed by atoms with Crippen molar-refractivity contribution in [2.75, 3.05) is 31.2 Å². The Morgan fingerprint density at radius 2 is 1.95 bits per heavy atom. The Hall–Kier alpha value is -2.59. The number of amides is 1. The zero-order chi connectivity index (χ0) is 31.5. The molecule has 0 aromatic heterocycles. The number of carbonyl (C=O) groups is 1. The van der Waals surface area contributed by atoms with Crippen molar-refractivity contribution in [1.29, 1.82) is 0 Å². The molecule has 8 nitrogen and oxygen atoms in total. The molecule has 1 aliphatic carbocycles. The van der Waals surface area contributed by atoms with E-state index < -0.39 is 26.8 Å². The van der Waals surface area contributed by atoms with E-state index in [4.69, 9.17) is 21.1 Å². The third kappa shape index (κ3) is 6.96. The largest absolute Gasteiger partial charge is 0.487 e. The third-order valence-corrected chi connectivity index (χ3v) is 12.0. The van der Waals surface area contributed by atoms with Crippen LogP contribution in [0.3, 0.4) is 0 Å². The summed E-state index contributed by atoms with van der Waals surface area (Å²) in [6, 6.07) is 11.0. The van der Waals surface area contributed by atoms with Gasteiger partial charge in [-0.15, -0.1) is 0 Å². The maximum Gasteiger partial charge on any atom is 0.264 e. The highest BCUT2D eigenvalue weighted by molar-refractivity contribution is 7.90. The second kappa shape index (κ2) is 13.8. The van der Waals surface area contributed by atoms with Gasteiger partial charge < -0.3 is 19.5 Å². The normalized spacial score (nSPS) is 29.9. The van der Waals surface area contributed by atoms with Gasteiger partial charge in [0, 0.05) is 30.3 Å². The van der Waals surface area contributed by atoms with Gasteiger partial charge in [0.2, 0.25) is 10.0 Å². The number of nitrogens with zero attached hydrogens (tertiary/aromatic N) is 1. The summed E-state index contributed by atoms with van der Waals surface area (Å²) in [4.78, 5) is 15.7. The molecule has 2 heterocycles. The van der Waals surface area contributed by atoms with Gasteiger partial charge in [0.15, 0.2) is 0 Å². The number of halogens is 1. The SMILES string of the molecule is CCO[C@]1(CO)/C=C/C[C@H](C)[C@@H](C)S(=O)(=O)NC(=O)c2ccc3c(c2)N(CCCCc2cc(Cl)ccc2CO3)C[C@@H]2CC[C@H]21. The molecule has 0 radical (unpaired) electrons. The van der Waals surface area contributed by atoms with Gasteiger partial charge in [0.25, 0.3) is 5.91 Å². The van der Waals surface area contributed by atoms with E-state index in [1.807, 2.05) is 44.2 Å². The van der Waals surface area contributed by atoms with Crippen molar-refractivity contribution in [1.82, 2.24) is 4.72 Å². The fourth-order valence-electron chi connectivity index (χ4n) is 6.82. The number of ether oxygens (including phenoxy) is 2. The Labute approximate surface area is 266 Å². The summed E-state index contributed by atoms with van der Waals surface area (Å²) in [5, 5.41) is 10.6. The van der Waals surface area contributed by atoms with Crippen LogP contribution in [0.5, 0.6) is 5.75 Å². The Bertz CT molecular complexity index is 1480. The minimum atomic E-state index is -3.96. The van der Waals surface area contributed by atoms with Crippen molar-refractivity contribution in [3.8, 4) is 5.75 Å². The molecule has 0 spiro atoms. The molecule has 0 saturated heterocycles. The van der Waals surface area contributed by atoms with Crippen molar-refractivity contribution < 1.29 is 27.8 Å². The molecular weight excluding hydrogens is 600 g/mol. The van der Waals surface area contributed by atoms with E-state index in [0.29, 0.717) is 37.0 Å². The summed E-state index contributed by atoms with van der Waals surface area (Å²) in [5.74, 6) is 0.0434. The van der Waals surface area contributed by atoms with E-state index in [2.05, 4.69) is 9.62 Å². The van der Waals surface area contributed by atoms with E-state index in [1.54, 1.807) is 25.1 Å². The summed E-state index contributed by atoms with van der Waals surface area (Å²) in [5.41, 5.74) is 2.40. The van der Waals surface area contributed by atoms with Crippen molar-refractivity contribution in [2.24, 2.45) is 17.8 Å². The second-order valence-electron chi connectivity index (χ2n) is 12.6. The van der Waals surface area contributed by atoms with Crippen LogP contribution in [0.1, 0.15) is 74.4 Å². The van der Waals surface area contributed by atoms with Gasteiger partial charge >= 0.3 is 0 Å². The maximum absolute atomic E-state index is 13.4. The van der Waals surface area contributed by atoms with Gasteiger partial charge in [0.1, 0.15) is 18.0 Å². The first-order valence-corrected chi connectivity index (χ1v) is 17.8. The molecule has 2 aromatic rings. The number of nitrogens with one attached hydrogen (secondary N) is 1. The lowest BCUT2D eigenvalue weighted by Gasteiger charge is -2.49. The summed E-state index contributed by atoms with van der Waals surface area (Å²) in [6.45, 7) is 7.48. The quantitative estimate of drug-likeness (QED) is 0.401. The van der Waals surface area contributed by atoms with Crippen LogP contribution < -0.4 is 14.4 Å². The van der Waals surface area contributed by atoms with E-state index in [0.717, 1.165) is 55.5 Å². The number of benzene rings is 2. The number of carbonyl (C=O) groups excluding carboxylic acids is 1. The van der Waals surface area contributed by atoms with Crippen LogP contribution in [0, 0.1) is 17.8 Å². The summed E-state index contributed by atoms with van der Waals surface area (Å²) in [7, 11) is -3.96. The van der Waals surface area contributed by atoms with Gasteiger partial charge in [-0.2, -0.15) is 0 Å². The van der Waals surface area contributed by atoms with E-state index in [1.165, 1.54) is 0 Å². The number of aryl methyl sites for hydroxylation is 1. The van der Waals surface area contributed by atoms with Crippen molar-refractivity contribution >= 4 is 33.2 Å². The van der Waals surface area contributed by atoms with Gasteiger partial charge in [0.05, 0.1) is 17.5 Å². The number of anilines is 1. The van der Waals surface area contributed by atoms with Crippen molar-refractivity contribution in [3.05, 3.63) is 70.3 Å². The molecule has 0 unspecified atom stereocenters. The van der Waals surface area contributed by atoms with E-state index in [9.17, 15) is 18.3 Å². The molecule has 2 N–H and O–H groups in total. The number of hydrogen-bond acceptors (Lipinski definition) is 7. The molecule has 1 amide bonds. The molecule has 10 heteroatoms. The first-order chi connectivity index (χ1) is 21.1. The van der Waals surface area contributed by atoms with Crippen LogP contribution in [0.25, 0.3) is 0 Å². The standard InChI is InChI=1S/C34H45ClN2O6S/c1-4-43-34(22-38)16-7-8-23(2)24(3)44(40,41)36-33(39)26-12-15-32-31(19-26)37(20-27-11-14-30(27)34)17-6-5-9-25-18-29(35)13-10-28(25)21-42-32/h7,10,12-13,15-16,18-19,23-24,27,30,38H,4-6,8-9,11,14,17,20-22H2,1-3H3,(H,36,39)/b16-7+/t23-,24+,27-,30+,34-/m0/s1. The molecule has 1 fully saturated rings. The summed E-state index contributed by atoms with van der Waals surface area (Å²) in [6.07, 6.45) is 9.01. The Balaban J connectivity index is 1.58. The fraction of sp³-hybridized carbons (Fsp3) is 0.559. The summed E-state index contributed by atoms with van der Waals surface area (Å²) < 4.78 is 41.6. The maximum atomic E-state index is 13.4. The highest BCUT2D eigenvalue weighted by Crippen LogP contribution is 2.46. The fourth-order valence-corrected chi connectivity index (χ4v) is 8.30. The van der Waals surface area contributed by atoms with Crippen molar-refractivity contribution in [2.45, 2.75) is 76.8 Å². The van der Waals surface area contributed by atoms with Crippen molar-refractivity contribution in [3.63, 3.8) is 0 Å². The van der Waals surface area contributed by atoms with Gasteiger partial charge in [-0.05, 0) is 112 Å². The van der Waals surface area contributed by atoms with Crippen LogP contribution in [0.4, 0.5) is 5.69 Å². The third-order valence-electron chi connectivity index (χ3n) is 9.83. The molecule has 5 atom stereocenters. The number of hydrogen-bond donors (Lipinski definition) is 2. The highest BCUT2D eigenvalue weighted by atomic mass is 35.5. The van der Waals surface area contributed by atoms with Crippen LogP contribution in [-0.2, 0) is 27.8 Å². The first-order valence-electron chi connectivity index (χ1n) is 15.8. The monoisotopic (exact) mass is 644 g/mol. The molecule has 2 bridgehead atoms. The van der Waals surface area contributed by atoms with Crippen LogP contribution in [0.15, 0.2) is 48.6 Å². The lowest BCUT2D eigenvalue weighted by molar-refractivity contribution is -0.119. The smallest absolute Gasteiger partial charge is 0.264 e. The van der Waals surface area contributed by atoms with Gasteiger partial charge in [-0.1, -0.05) is 36.7 Å². The zero-order valence-corrected chi connectivity index (χ0v) is 27.5. The predicted octanol–water partition coefficient (Wildman–Crippen LogP) is 5.90. The average Bonchev–Trinajstić information content (AvgIpc) is 3.01. The van der Waals surface area contributed by atoms with Crippen LogP contribution in [-0.4, -0.2) is 56.6 Å². The minimum absolute atomic E-state index is 0.0912.